The van der Waals surface area contributed by atoms with Crippen LogP contribution in [0.25, 0.3) is 0 Å². The van der Waals surface area contributed by atoms with Gasteiger partial charge in [-0.3, -0.25) is 0 Å². The molecule has 116 valence electrons. The Morgan fingerprint density at radius 2 is 1.86 bits per heavy atom. The number of hydrogen-bond acceptors (Lipinski definition) is 4. The van der Waals surface area contributed by atoms with E-state index in [0.717, 1.165) is 5.92 Å². The molecule has 0 saturated heterocycles. The van der Waals surface area contributed by atoms with Crippen LogP contribution in [-0.2, 0) is 6.54 Å². The smallest absolute Gasteiger partial charge is 0.200 e. The number of hydrogen-bond donors (Lipinski definition) is 4. The summed E-state index contributed by atoms with van der Waals surface area (Å²) in [5.41, 5.74) is 1.25. The monoisotopic (exact) mass is 291 g/mol. The van der Waals surface area contributed by atoms with E-state index in [1.165, 1.54) is 25.3 Å². The topological polar surface area (TPSA) is 72.7 Å². The third-order valence-corrected chi connectivity index (χ3v) is 6.55. The third kappa shape index (κ3) is 1.92. The molecular formula is C17H25NO3. The molecule has 0 amide bonds. The van der Waals surface area contributed by atoms with Crippen molar-refractivity contribution >= 4 is 0 Å². The minimum Gasteiger partial charge on any atom is -0.504 e. The molecule has 3 atom stereocenters. The molecular weight excluding hydrogens is 266 g/mol. The van der Waals surface area contributed by atoms with E-state index < -0.39 is 5.75 Å². The average molecular weight is 291 g/mol. The van der Waals surface area contributed by atoms with Crippen LogP contribution < -0.4 is 5.32 Å². The van der Waals surface area contributed by atoms with Crippen LogP contribution in [0.3, 0.4) is 0 Å². The predicted octanol–water partition coefficient (Wildman–Crippen LogP) is 3.11. The minimum absolute atomic E-state index is 0.227. The molecule has 2 aliphatic rings. The van der Waals surface area contributed by atoms with Crippen LogP contribution in [0.5, 0.6) is 17.2 Å². The fourth-order valence-electron chi connectivity index (χ4n) is 4.50. The summed E-state index contributed by atoms with van der Waals surface area (Å²) < 4.78 is 0. The lowest BCUT2D eigenvalue weighted by molar-refractivity contribution is 0.120. The van der Waals surface area contributed by atoms with E-state index in [9.17, 15) is 15.3 Å². The quantitative estimate of drug-likeness (QED) is 0.646. The zero-order valence-corrected chi connectivity index (χ0v) is 13.0. The first kappa shape index (κ1) is 14.5. The van der Waals surface area contributed by atoms with Crippen LogP contribution in [0.1, 0.15) is 45.6 Å². The second-order valence-corrected chi connectivity index (χ2v) is 7.48. The van der Waals surface area contributed by atoms with Gasteiger partial charge in [-0.15, -0.1) is 0 Å². The number of rotatable bonds is 3. The Morgan fingerprint density at radius 1 is 1.14 bits per heavy atom. The maximum Gasteiger partial charge on any atom is 0.200 e. The standard InChI is InChI=1S/C17H25NO3/c1-16(2)11-6-7-17(16,3)13(8-11)18-9-10-4-5-12(19)15(21)14(10)20/h4-5,11,13,18-21H,6-9H2,1-3H3. The number of benzene rings is 1. The molecule has 4 heteroatoms. The van der Waals surface area contributed by atoms with E-state index >= 15 is 0 Å². The highest BCUT2D eigenvalue weighted by Crippen LogP contribution is 2.65. The molecule has 1 aromatic rings. The van der Waals surface area contributed by atoms with Crippen LogP contribution >= 0.6 is 0 Å². The minimum atomic E-state index is -0.436. The first-order chi connectivity index (χ1) is 9.77. The Kier molecular flexibility index (Phi) is 3.14. The summed E-state index contributed by atoms with van der Waals surface area (Å²) in [5, 5.41) is 32.4. The van der Waals surface area contributed by atoms with E-state index in [2.05, 4.69) is 26.1 Å². The Labute approximate surface area is 125 Å². The lowest BCUT2D eigenvalue weighted by Crippen LogP contribution is -2.44. The van der Waals surface area contributed by atoms with Crippen molar-refractivity contribution in [1.82, 2.24) is 5.32 Å². The molecule has 2 saturated carbocycles. The molecule has 0 heterocycles. The summed E-state index contributed by atoms with van der Waals surface area (Å²) in [5.74, 6) is -0.185. The van der Waals surface area contributed by atoms with Gasteiger partial charge in [-0.2, -0.15) is 0 Å². The number of aromatic hydroxyl groups is 3. The second-order valence-electron chi connectivity index (χ2n) is 7.48. The van der Waals surface area contributed by atoms with Crippen molar-refractivity contribution in [2.24, 2.45) is 16.7 Å². The van der Waals surface area contributed by atoms with Crippen LogP contribution in [0, 0.1) is 16.7 Å². The van der Waals surface area contributed by atoms with Gasteiger partial charge in [0, 0.05) is 18.2 Å². The molecule has 21 heavy (non-hydrogen) atoms. The van der Waals surface area contributed by atoms with Crippen molar-refractivity contribution in [2.45, 2.75) is 52.6 Å². The molecule has 0 aromatic heterocycles. The number of nitrogens with one attached hydrogen (secondary N) is 1. The predicted molar refractivity (Wildman–Crippen MR) is 81.3 cm³/mol. The van der Waals surface area contributed by atoms with Gasteiger partial charge in [0.15, 0.2) is 11.5 Å². The third-order valence-electron chi connectivity index (χ3n) is 6.55. The van der Waals surface area contributed by atoms with Crippen molar-refractivity contribution in [3.05, 3.63) is 17.7 Å². The SMILES string of the molecule is CC1(C)C2CCC1(C)C(NCc1ccc(O)c(O)c1O)C2. The molecule has 4 nitrogen and oxygen atoms in total. The van der Waals surface area contributed by atoms with Crippen LogP contribution in [0.4, 0.5) is 0 Å². The molecule has 3 rings (SSSR count). The fraction of sp³-hybridized carbons (Fsp3) is 0.647. The van der Waals surface area contributed by atoms with Gasteiger partial charge in [-0.25, -0.2) is 0 Å². The Bertz CT molecular complexity index is 569. The average Bonchev–Trinajstić information content (AvgIpc) is 2.77. The highest BCUT2D eigenvalue weighted by molar-refractivity contribution is 5.53. The molecule has 0 radical (unpaired) electrons. The van der Waals surface area contributed by atoms with Gasteiger partial charge < -0.3 is 20.6 Å². The molecule has 3 unspecified atom stereocenters. The van der Waals surface area contributed by atoms with Gasteiger partial charge in [-0.1, -0.05) is 26.8 Å². The van der Waals surface area contributed by atoms with E-state index in [1.807, 2.05) is 0 Å². The maximum absolute atomic E-state index is 9.90. The van der Waals surface area contributed by atoms with Crippen molar-refractivity contribution in [1.29, 1.82) is 0 Å². The fourth-order valence-corrected chi connectivity index (χ4v) is 4.50. The highest BCUT2D eigenvalue weighted by atomic mass is 16.3. The molecule has 2 bridgehead atoms. The first-order valence-electron chi connectivity index (χ1n) is 7.73. The van der Waals surface area contributed by atoms with E-state index in [-0.39, 0.29) is 16.9 Å². The summed E-state index contributed by atoms with van der Waals surface area (Å²) in [4.78, 5) is 0. The molecule has 0 aliphatic heterocycles. The maximum atomic E-state index is 9.90. The van der Waals surface area contributed by atoms with Crippen molar-refractivity contribution in [3.63, 3.8) is 0 Å². The lowest BCUT2D eigenvalue weighted by atomic mass is 9.69. The van der Waals surface area contributed by atoms with Gasteiger partial charge >= 0.3 is 0 Å². The van der Waals surface area contributed by atoms with Crippen molar-refractivity contribution in [2.75, 3.05) is 0 Å². The van der Waals surface area contributed by atoms with Gasteiger partial charge in [0.1, 0.15) is 0 Å². The number of phenols is 3. The van der Waals surface area contributed by atoms with E-state index in [4.69, 9.17) is 0 Å². The zero-order valence-electron chi connectivity index (χ0n) is 13.0. The van der Waals surface area contributed by atoms with Gasteiger partial charge in [0.25, 0.3) is 0 Å². The Morgan fingerprint density at radius 3 is 2.43 bits per heavy atom. The lowest BCUT2D eigenvalue weighted by Gasteiger charge is -2.39. The van der Waals surface area contributed by atoms with Gasteiger partial charge in [0.2, 0.25) is 5.75 Å². The van der Waals surface area contributed by atoms with E-state index in [0.29, 0.717) is 23.6 Å². The number of fused-ring (bicyclic) bond motifs is 2. The molecule has 4 N–H and O–H groups in total. The highest BCUT2D eigenvalue weighted by Gasteiger charge is 2.60. The van der Waals surface area contributed by atoms with Crippen LogP contribution in [0.15, 0.2) is 12.1 Å². The Hall–Kier alpha value is -1.42. The first-order valence-corrected chi connectivity index (χ1v) is 7.73. The summed E-state index contributed by atoms with van der Waals surface area (Å²) >= 11 is 0. The van der Waals surface area contributed by atoms with E-state index in [1.54, 1.807) is 6.07 Å². The zero-order chi connectivity index (χ0) is 15.4. The molecule has 2 fully saturated rings. The van der Waals surface area contributed by atoms with Crippen LogP contribution in [0.2, 0.25) is 0 Å². The molecule has 1 aromatic carbocycles. The molecule has 0 spiro atoms. The number of phenolic OH excluding ortho intramolecular Hbond substituents is 3. The Balaban J connectivity index is 1.74. The summed E-state index contributed by atoms with van der Waals surface area (Å²) in [7, 11) is 0. The second kappa shape index (κ2) is 4.54. The largest absolute Gasteiger partial charge is 0.504 e. The summed E-state index contributed by atoms with van der Waals surface area (Å²) in [6, 6.07) is 3.50. The van der Waals surface area contributed by atoms with Gasteiger partial charge in [-0.05, 0) is 42.1 Å². The van der Waals surface area contributed by atoms with Crippen LogP contribution in [-0.4, -0.2) is 21.4 Å². The summed E-state index contributed by atoms with van der Waals surface area (Å²) in [6.07, 6.45) is 3.73. The summed E-state index contributed by atoms with van der Waals surface area (Å²) in [6.45, 7) is 7.61. The van der Waals surface area contributed by atoms with Crippen molar-refractivity contribution in [3.8, 4) is 17.2 Å². The van der Waals surface area contributed by atoms with Crippen molar-refractivity contribution < 1.29 is 15.3 Å². The molecule has 2 aliphatic carbocycles. The normalized spacial score (nSPS) is 33.5. The van der Waals surface area contributed by atoms with Gasteiger partial charge in [0.05, 0.1) is 0 Å².